The van der Waals surface area contributed by atoms with E-state index in [4.69, 9.17) is 0 Å². The Labute approximate surface area is 117 Å². The highest BCUT2D eigenvalue weighted by atomic mass is 32.1. The van der Waals surface area contributed by atoms with Crippen molar-refractivity contribution >= 4 is 23.1 Å². The van der Waals surface area contributed by atoms with E-state index < -0.39 is 0 Å². The van der Waals surface area contributed by atoms with Crippen molar-refractivity contribution in [2.75, 3.05) is 5.32 Å². The molecule has 1 amide bonds. The van der Waals surface area contributed by atoms with Crippen molar-refractivity contribution in [1.82, 2.24) is 9.59 Å². The standard InChI is InChI=1S/C14H17N3OS/c1-3-10(4-2)14(18)16-12-7-5-11(6-8-12)13-9-15-17-19-13/h5-10H,3-4H2,1-2H3,(H,16,18). The molecule has 2 aromatic rings. The molecular formula is C14H17N3OS. The third-order valence-electron chi connectivity index (χ3n) is 3.15. The van der Waals surface area contributed by atoms with Crippen LogP contribution in [0.15, 0.2) is 30.5 Å². The molecule has 1 N–H and O–H groups in total. The van der Waals surface area contributed by atoms with E-state index in [1.165, 1.54) is 11.5 Å². The molecule has 0 aliphatic heterocycles. The summed E-state index contributed by atoms with van der Waals surface area (Å²) < 4.78 is 3.84. The van der Waals surface area contributed by atoms with Crippen LogP contribution in [0.2, 0.25) is 0 Å². The topological polar surface area (TPSA) is 54.9 Å². The second kappa shape index (κ2) is 6.43. The Morgan fingerprint density at radius 1 is 1.26 bits per heavy atom. The quantitative estimate of drug-likeness (QED) is 0.907. The monoisotopic (exact) mass is 275 g/mol. The summed E-state index contributed by atoms with van der Waals surface area (Å²) in [6.07, 6.45) is 3.47. The first-order chi connectivity index (χ1) is 9.24. The lowest BCUT2D eigenvalue weighted by Crippen LogP contribution is -2.21. The van der Waals surface area contributed by atoms with Gasteiger partial charge in [0.15, 0.2) is 0 Å². The van der Waals surface area contributed by atoms with E-state index in [0.29, 0.717) is 0 Å². The Morgan fingerprint density at radius 3 is 2.47 bits per heavy atom. The van der Waals surface area contributed by atoms with Gasteiger partial charge in [-0.15, -0.1) is 5.10 Å². The van der Waals surface area contributed by atoms with Crippen LogP contribution in [0.25, 0.3) is 10.4 Å². The third-order valence-corrected chi connectivity index (χ3v) is 3.87. The number of hydrogen-bond donors (Lipinski definition) is 1. The number of rotatable bonds is 5. The molecule has 0 saturated carbocycles. The van der Waals surface area contributed by atoms with Gasteiger partial charge in [-0.25, -0.2) is 0 Å². The molecule has 0 unspecified atom stereocenters. The van der Waals surface area contributed by atoms with E-state index in [2.05, 4.69) is 14.9 Å². The normalized spacial score (nSPS) is 10.7. The maximum Gasteiger partial charge on any atom is 0.227 e. The van der Waals surface area contributed by atoms with Crippen LogP contribution >= 0.6 is 11.5 Å². The Balaban J connectivity index is 2.05. The van der Waals surface area contributed by atoms with Crippen molar-refractivity contribution in [3.05, 3.63) is 30.5 Å². The third kappa shape index (κ3) is 3.38. The molecule has 0 atom stereocenters. The highest BCUT2D eigenvalue weighted by Gasteiger charge is 2.13. The minimum Gasteiger partial charge on any atom is -0.326 e. The van der Waals surface area contributed by atoms with Crippen LogP contribution in [0, 0.1) is 5.92 Å². The lowest BCUT2D eigenvalue weighted by Gasteiger charge is -2.12. The van der Waals surface area contributed by atoms with Crippen LogP contribution in [-0.4, -0.2) is 15.5 Å². The molecule has 2 rings (SSSR count). The van der Waals surface area contributed by atoms with E-state index in [9.17, 15) is 4.79 Å². The molecule has 0 bridgehead atoms. The van der Waals surface area contributed by atoms with E-state index in [1.54, 1.807) is 6.20 Å². The first-order valence-electron chi connectivity index (χ1n) is 6.43. The van der Waals surface area contributed by atoms with E-state index in [0.717, 1.165) is 29.0 Å². The Hall–Kier alpha value is -1.75. The minimum absolute atomic E-state index is 0.0883. The van der Waals surface area contributed by atoms with Crippen LogP contribution in [-0.2, 0) is 4.79 Å². The van der Waals surface area contributed by atoms with Gasteiger partial charge in [-0.2, -0.15) is 0 Å². The van der Waals surface area contributed by atoms with Crippen LogP contribution < -0.4 is 5.32 Å². The summed E-state index contributed by atoms with van der Waals surface area (Å²) in [5, 5.41) is 6.76. The largest absolute Gasteiger partial charge is 0.326 e. The van der Waals surface area contributed by atoms with Crippen LogP contribution in [0.3, 0.4) is 0 Å². The number of carbonyl (C=O) groups is 1. The molecule has 0 saturated heterocycles. The van der Waals surface area contributed by atoms with Gasteiger partial charge < -0.3 is 5.32 Å². The first-order valence-corrected chi connectivity index (χ1v) is 7.20. The zero-order valence-electron chi connectivity index (χ0n) is 11.1. The molecule has 1 heterocycles. The Kier molecular flexibility index (Phi) is 4.63. The zero-order valence-corrected chi connectivity index (χ0v) is 11.9. The summed E-state index contributed by atoms with van der Waals surface area (Å²) in [7, 11) is 0. The predicted molar refractivity (Wildman–Crippen MR) is 78.0 cm³/mol. The Bertz CT molecular complexity index is 518. The number of hydrogen-bond acceptors (Lipinski definition) is 4. The van der Waals surface area contributed by atoms with Crippen LogP contribution in [0.5, 0.6) is 0 Å². The number of nitrogens with one attached hydrogen (secondary N) is 1. The summed E-state index contributed by atoms with van der Waals surface area (Å²) in [5.74, 6) is 0.183. The van der Waals surface area contributed by atoms with Crippen molar-refractivity contribution in [3.63, 3.8) is 0 Å². The van der Waals surface area contributed by atoms with Gasteiger partial charge in [0, 0.05) is 11.6 Å². The molecule has 0 radical (unpaired) electrons. The summed E-state index contributed by atoms with van der Waals surface area (Å²) in [6.45, 7) is 4.07. The molecule has 19 heavy (non-hydrogen) atoms. The predicted octanol–water partition coefficient (Wildman–Crippen LogP) is 3.58. The summed E-state index contributed by atoms with van der Waals surface area (Å²) in [5.41, 5.74) is 1.90. The average molecular weight is 275 g/mol. The van der Waals surface area contributed by atoms with Crippen molar-refractivity contribution in [2.24, 2.45) is 5.92 Å². The average Bonchev–Trinajstić information content (AvgIpc) is 2.95. The van der Waals surface area contributed by atoms with Gasteiger partial charge in [0.05, 0.1) is 11.1 Å². The van der Waals surface area contributed by atoms with E-state index in [-0.39, 0.29) is 11.8 Å². The molecule has 0 aliphatic rings. The summed E-state index contributed by atoms with van der Waals surface area (Å²) >= 11 is 1.36. The minimum atomic E-state index is 0.0883. The number of amides is 1. The number of carbonyl (C=O) groups excluding carboxylic acids is 1. The molecule has 1 aromatic carbocycles. The summed E-state index contributed by atoms with van der Waals surface area (Å²) in [4.78, 5) is 13.0. The number of anilines is 1. The fourth-order valence-corrected chi connectivity index (χ4v) is 2.43. The SMILES string of the molecule is CCC(CC)C(=O)Nc1ccc(-c2cnns2)cc1. The van der Waals surface area contributed by atoms with Gasteiger partial charge >= 0.3 is 0 Å². The van der Waals surface area contributed by atoms with E-state index in [1.807, 2.05) is 38.1 Å². The second-order valence-corrected chi connectivity index (χ2v) is 5.15. The molecule has 100 valence electrons. The maximum atomic E-state index is 12.0. The van der Waals surface area contributed by atoms with Crippen molar-refractivity contribution in [3.8, 4) is 10.4 Å². The van der Waals surface area contributed by atoms with Crippen molar-refractivity contribution < 1.29 is 4.79 Å². The highest BCUT2D eigenvalue weighted by molar-refractivity contribution is 7.09. The molecule has 0 spiro atoms. The smallest absolute Gasteiger partial charge is 0.227 e. The van der Waals surface area contributed by atoms with Gasteiger partial charge in [0.1, 0.15) is 0 Å². The van der Waals surface area contributed by atoms with Crippen LogP contribution in [0.1, 0.15) is 26.7 Å². The van der Waals surface area contributed by atoms with Crippen molar-refractivity contribution in [2.45, 2.75) is 26.7 Å². The fraction of sp³-hybridized carbons (Fsp3) is 0.357. The Morgan fingerprint density at radius 2 is 1.95 bits per heavy atom. The molecule has 4 nitrogen and oxygen atoms in total. The van der Waals surface area contributed by atoms with Gasteiger partial charge in [-0.1, -0.05) is 30.5 Å². The number of benzene rings is 1. The van der Waals surface area contributed by atoms with Crippen LogP contribution in [0.4, 0.5) is 5.69 Å². The van der Waals surface area contributed by atoms with Gasteiger partial charge in [-0.3, -0.25) is 4.79 Å². The van der Waals surface area contributed by atoms with Gasteiger partial charge in [-0.05, 0) is 42.1 Å². The number of nitrogens with zero attached hydrogens (tertiary/aromatic N) is 2. The van der Waals surface area contributed by atoms with E-state index >= 15 is 0 Å². The molecular weight excluding hydrogens is 258 g/mol. The second-order valence-electron chi connectivity index (χ2n) is 4.36. The lowest BCUT2D eigenvalue weighted by molar-refractivity contribution is -0.120. The molecule has 5 heteroatoms. The number of aromatic nitrogens is 2. The first kappa shape index (κ1) is 13.7. The zero-order chi connectivity index (χ0) is 13.7. The summed E-state index contributed by atoms with van der Waals surface area (Å²) in [6, 6.07) is 7.76. The lowest BCUT2D eigenvalue weighted by atomic mass is 10.0. The molecule has 1 aromatic heterocycles. The fourth-order valence-electron chi connectivity index (χ4n) is 1.92. The van der Waals surface area contributed by atoms with Crippen molar-refractivity contribution in [1.29, 1.82) is 0 Å². The maximum absolute atomic E-state index is 12.0. The van der Waals surface area contributed by atoms with Gasteiger partial charge in [0.25, 0.3) is 0 Å². The molecule has 0 aliphatic carbocycles. The molecule has 0 fully saturated rings. The van der Waals surface area contributed by atoms with Gasteiger partial charge in [0.2, 0.25) is 5.91 Å². The highest BCUT2D eigenvalue weighted by Crippen LogP contribution is 2.23.